The number of aromatic nitrogens is 1. The maximum atomic E-state index is 13.1. The summed E-state index contributed by atoms with van der Waals surface area (Å²) in [4.78, 5) is 31.2. The average Bonchev–Trinajstić information content (AvgIpc) is 2.83. The minimum Gasteiger partial charge on any atom is -0.457 e. The molecular weight excluding hydrogens is 438 g/mol. The van der Waals surface area contributed by atoms with Crippen LogP contribution in [0, 0.1) is 12.8 Å². The van der Waals surface area contributed by atoms with Gasteiger partial charge in [0, 0.05) is 49.9 Å². The molecule has 1 N–H and O–H groups in total. The molecular formula is C29H31N3O3. The molecule has 0 saturated carbocycles. The Labute approximate surface area is 206 Å². The minimum atomic E-state index is -0.0138. The second-order valence-corrected chi connectivity index (χ2v) is 9.90. The van der Waals surface area contributed by atoms with Gasteiger partial charge in [-0.05, 0) is 91.6 Å². The summed E-state index contributed by atoms with van der Waals surface area (Å²) in [5.74, 6) is 2.61. The first-order valence-electron chi connectivity index (χ1n) is 12.3. The van der Waals surface area contributed by atoms with Gasteiger partial charge in [0.05, 0.1) is 0 Å². The number of nitrogens with one attached hydrogen (secondary N) is 1. The Kier molecular flexibility index (Phi) is 6.29. The first-order chi connectivity index (χ1) is 16.9. The highest BCUT2D eigenvalue weighted by Crippen LogP contribution is 2.36. The summed E-state index contributed by atoms with van der Waals surface area (Å²) < 4.78 is 6.25. The van der Waals surface area contributed by atoms with E-state index in [1.807, 2.05) is 50.2 Å². The van der Waals surface area contributed by atoms with E-state index in [1.54, 1.807) is 6.20 Å². The molecule has 2 aliphatic rings. The molecule has 0 unspecified atom stereocenters. The first-order valence-corrected chi connectivity index (χ1v) is 12.3. The van der Waals surface area contributed by atoms with Gasteiger partial charge >= 0.3 is 0 Å². The van der Waals surface area contributed by atoms with Crippen LogP contribution in [0.3, 0.4) is 0 Å². The zero-order chi connectivity index (χ0) is 24.5. The zero-order valence-corrected chi connectivity index (χ0v) is 20.6. The van der Waals surface area contributed by atoms with E-state index in [0.717, 1.165) is 53.1 Å². The average molecular weight is 470 g/mol. The fourth-order valence-corrected chi connectivity index (χ4v) is 5.09. The largest absolute Gasteiger partial charge is 0.457 e. The number of pyridine rings is 1. The highest BCUT2D eigenvalue weighted by atomic mass is 16.5. The Bertz CT molecular complexity index is 1300. The Morgan fingerprint density at radius 1 is 1.09 bits per heavy atom. The number of benzene rings is 2. The number of aryl methyl sites for hydroxylation is 2. The monoisotopic (exact) mass is 469 g/mol. The predicted octanol–water partition coefficient (Wildman–Crippen LogP) is 5.51. The predicted molar refractivity (Wildman–Crippen MR) is 138 cm³/mol. The van der Waals surface area contributed by atoms with Crippen molar-refractivity contribution in [3.63, 3.8) is 0 Å². The van der Waals surface area contributed by atoms with Crippen LogP contribution in [-0.4, -0.2) is 30.8 Å². The molecule has 2 aromatic carbocycles. The smallest absolute Gasteiger partial charge is 0.225 e. The number of fused-ring (bicyclic) bond motifs is 2. The van der Waals surface area contributed by atoms with Crippen molar-refractivity contribution in [1.29, 1.82) is 0 Å². The van der Waals surface area contributed by atoms with Crippen molar-refractivity contribution < 1.29 is 14.3 Å². The minimum absolute atomic E-state index is 0.0138. The summed E-state index contributed by atoms with van der Waals surface area (Å²) in [5.41, 5.74) is 6.47. The molecule has 1 aromatic heterocycles. The maximum absolute atomic E-state index is 13.1. The number of hydrogen-bond donors (Lipinski definition) is 1. The number of carbonyl (C=O) groups is 2. The van der Waals surface area contributed by atoms with Crippen molar-refractivity contribution in [3.8, 4) is 11.5 Å². The number of carbonyl (C=O) groups excluding carboxylic acids is 2. The summed E-state index contributed by atoms with van der Waals surface area (Å²) in [5, 5.41) is 2.82. The van der Waals surface area contributed by atoms with Gasteiger partial charge in [0.2, 0.25) is 5.91 Å². The molecule has 6 nitrogen and oxygen atoms in total. The molecule has 0 fully saturated rings. The number of rotatable bonds is 6. The molecule has 0 bridgehead atoms. The van der Waals surface area contributed by atoms with Crippen LogP contribution < -0.4 is 15.0 Å². The lowest BCUT2D eigenvalue weighted by Gasteiger charge is -2.25. The highest BCUT2D eigenvalue weighted by molar-refractivity contribution is 5.97. The quantitative estimate of drug-likeness (QED) is 0.482. The highest BCUT2D eigenvalue weighted by Gasteiger charge is 2.24. The van der Waals surface area contributed by atoms with Crippen molar-refractivity contribution in [1.82, 2.24) is 4.98 Å². The van der Waals surface area contributed by atoms with Crippen molar-refractivity contribution in [2.24, 2.45) is 5.92 Å². The van der Waals surface area contributed by atoms with E-state index in [0.29, 0.717) is 31.0 Å². The number of nitrogens with zero attached hydrogens (tertiary/aromatic N) is 2. The third-order valence-electron chi connectivity index (χ3n) is 6.98. The maximum Gasteiger partial charge on any atom is 0.225 e. The summed E-state index contributed by atoms with van der Waals surface area (Å²) in [7, 11) is 4.00. The summed E-state index contributed by atoms with van der Waals surface area (Å²) in [6, 6.07) is 14.2. The van der Waals surface area contributed by atoms with Gasteiger partial charge < -0.3 is 15.0 Å². The van der Waals surface area contributed by atoms with Crippen LogP contribution >= 0.6 is 0 Å². The number of Topliss-reactive ketones (excluding diaryl/α,β-unsaturated/α-hetero) is 1. The lowest BCUT2D eigenvalue weighted by Crippen LogP contribution is -2.20. The third kappa shape index (κ3) is 5.06. The normalized spacial score (nSPS) is 16.7. The molecule has 1 amide bonds. The number of amides is 1. The van der Waals surface area contributed by atoms with Crippen molar-refractivity contribution in [2.45, 2.75) is 45.4 Å². The van der Waals surface area contributed by atoms with Crippen LogP contribution in [0.1, 0.15) is 51.9 Å². The fourth-order valence-electron chi connectivity index (χ4n) is 5.09. The van der Waals surface area contributed by atoms with E-state index >= 15 is 0 Å². The molecule has 1 atom stereocenters. The van der Waals surface area contributed by atoms with Gasteiger partial charge in [-0.3, -0.25) is 9.59 Å². The standard InChI is InChI=1S/C29H31N3O3/c1-18-12-22(16-23(13-18)32(2)3)26(33)15-19-4-5-20-6-7-24(17-21(20)14-19)35-27-10-11-30-29-25(27)8-9-28(34)31-29/h6-7,10-13,16-17,19H,4-5,8-9,14-15H2,1-3H3,(H,30,31,34)/t19-/m1/s1. The molecule has 6 heteroatoms. The number of hydrogen-bond acceptors (Lipinski definition) is 5. The van der Waals surface area contributed by atoms with Gasteiger partial charge in [-0.1, -0.05) is 6.07 Å². The van der Waals surface area contributed by atoms with Gasteiger partial charge in [-0.25, -0.2) is 4.98 Å². The molecule has 35 heavy (non-hydrogen) atoms. The van der Waals surface area contributed by atoms with Crippen LogP contribution in [-0.2, 0) is 24.1 Å². The molecule has 1 aliphatic heterocycles. The first kappa shape index (κ1) is 23.1. The lowest BCUT2D eigenvalue weighted by atomic mass is 9.80. The van der Waals surface area contributed by atoms with Crippen molar-refractivity contribution in [2.75, 3.05) is 24.3 Å². The fraction of sp³-hybridized carbons (Fsp3) is 0.345. The van der Waals surface area contributed by atoms with Crippen LogP contribution in [0.25, 0.3) is 0 Å². The molecule has 2 heterocycles. The number of ketones is 1. The van der Waals surface area contributed by atoms with Gasteiger partial charge in [-0.15, -0.1) is 0 Å². The second-order valence-electron chi connectivity index (χ2n) is 9.90. The number of ether oxygens (including phenoxy) is 1. The van der Waals surface area contributed by atoms with E-state index in [2.05, 4.69) is 28.5 Å². The Morgan fingerprint density at radius 3 is 2.77 bits per heavy atom. The number of anilines is 2. The van der Waals surface area contributed by atoms with Crippen LogP contribution in [0.5, 0.6) is 11.5 Å². The molecule has 1 aliphatic carbocycles. The third-order valence-corrected chi connectivity index (χ3v) is 6.98. The Balaban J connectivity index is 1.30. The topological polar surface area (TPSA) is 71.5 Å². The van der Waals surface area contributed by atoms with Crippen LogP contribution in [0.4, 0.5) is 11.5 Å². The van der Waals surface area contributed by atoms with E-state index < -0.39 is 0 Å². The van der Waals surface area contributed by atoms with Gasteiger partial charge in [-0.2, -0.15) is 0 Å². The molecule has 3 aromatic rings. The van der Waals surface area contributed by atoms with E-state index in [9.17, 15) is 9.59 Å². The zero-order valence-electron chi connectivity index (χ0n) is 20.6. The molecule has 0 radical (unpaired) electrons. The molecule has 180 valence electrons. The van der Waals surface area contributed by atoms with Crippen molar-refractivity contribution in [3.05, 3.63) is 76.5 Å². The SMILES string of the molecule is Cc1cc(C(=O)C[C@@H]2CCc3ccc(Oc4ccnc5c4CCC(=O)N5)cc3C2)cc(N(C)C)c1. The summed E-state index contributed by atoms with van der Waals surface area (Å²) in [6.07, 6.45) is 6.13. The molecule has 0 spiro atoms. The van der Waals surface area contributed by atoms with E-state index in [1.165, 1.54) is 11.1 Å². The molecule has 5 rings (SSSR count). The summed E-state index contributed by atoms with van der Waals surface area (Å²) in [6.45, 7) is 2.04. The Morgan fingerprint density at radius 2 is 1.94 bits per heavy atom. The molecule has 0 saturated heterocycles. The van der Waals surface area contributed by atoms with E-state index in [4.69, 9.17) is 4.74 Å². The lowest BCUT2D eigenvalue weighted by molar-refractivity contribution is -0.116. The van der Waals surface area contributed by atoms with Gasteiger partial charge in [0.15, 0.2) is 5.78 Å². The second kappa shape index (κ2) is 9.53. The summed E-state index contributed by atoms with van der Waals surface area (Å²) >= 11 is 0. The van der Waals surface area contributed by atoms with Crippen LogP contribution in [0.15, 0.2) is 48.7 Å². The van der Waals surface area contributed by atoms with Gasteiger partial charge in [0.25, 0.3) is 0 Å². The van der Waals surface area contributed by atoms with Crippen LogP contribution in [0.2, 0.25) is 0 Å². The van der Waals surface area contributed by atoms with Crippen molar-refractivity contribution >= 4 is 23.2 Å². The Hall–Kier alpha value is -3.67. The van der Waals surface area contributed by atoms with E-state index in [-0.39, 0.29) is 11.7 Å². The van der Waals surface area contributed by atoms with Gasteiger partial charge in [0.1, 0.15) is 17.3 Å².